The van der Waals surface area contributed by atoms with Crippen LogP contribution in [0.3, 0.4) is 0 Å². The third kappa shape index (κ3) is 4.39. The van der Waals surface area contributed by atoms with Gasteiger partial charge >= 0.3 is 0 Å². The maximum atomic E-state index is 4.80. The highest BCUT2D eigenvalue weighted by Gasteiger charge is 1.63. The average Bonchev–Trinajstić information content (AvgIpc) is 1.41. The Kier molecular flexibility index (Phi) is 4.73. The molecule has 1 atom stereocenters. The maximum absolute atomic E-state index is 4.80. The largest absolute Gasteiger partial charge is 0.378 e. The molecular weight excluding hydrogens is 83.0 g/mol. The van der Waals surface area contributed by atoms with Crippen molar-refractivity contribution in [2.75, 3.05) is 13.0 Å². The van der Waals surface area contributed by atoms with Crippen molar-refractivity contribution < 1.29 is 4.74 Å². The van der Waals surface area contributed by atoms with Gasteiger partial charge in [0.15, 0.2) is 0 Å². The Morgan fingerprint density at radius 1 is 1.80 bits per heavy atom. The van der Waals surface area contributed by atoms with Crippen LogP contribution in [0.1, 0.15) is 6.92 Å². The van der Waals surface area contributed by atoms with Gasteiger partial charge < -0.3 is 4.74 Å². The molecule has 0 saturated heterocycles. The minimum Gasteiger partial charge on any atom is -0.378 e. The first-order valence-electron chi connectivity index (χ1n) is 1.69. The molecule has 5 heavy (non-hydrogen) atoms. The summed E-state index contributed by atoms with van der Waals surface area (Å²) in [5.74, 6) is 0. The Balaban J connectivity index is 2.19. The first kappa shape index (κ1) is 5.39. The van der Waals surface area contributed by atoms with E-state index in [9.17, 15) is 0 Å². The van der Waals surface area contributed by atoms with Crippen LogP contribution in [0.15, 0.2) is 0 Å². The molecule has 0 radical (unpaired) electrons. The van der Waals surface area contributed by atoms with Crippen molar-refractivity contribution in [2.45, 2.75) is 6.92 Å². The van der Waals surface area contributed by atoms with E-state index in [-0.39, 0.29) is 0 Å². The molecule has 0 aliphatic carbocycles. The van der Waals surface area contributed by atoms with Gasteiger partial charge in [-0.2, -0.15) is 0 Å². The third-order valence-corrected chi connectivity index (χ3v) is 0.558. The molecule has 0 saturated carbocycles. The van der Waals surface area contributed by atoms with Gasteiger partial charge in [0, 0.05) is 6.61 Å². The zero-order chi connectivity index (χ0) is 4.12. The minimum absolute atomic E-state index is 0.760. The second-order valence-electron chi connectivity index (χ2n) is 0.659. The number of rotatable bonds is 2. The van der Waals surface area contributed by atoms with E-state index in [0.29, 0.717) is 0 Å². The summed E-state index contributed by atoms with van der Waals surface area (Å²) in [5.41, 5.74) is 0. The molecule has 1 unspecified atom stereocenters. The Morgan fingerprint density at radius 3 is 2.40 bits per heavy atom. The summed E-state index contributed by atoms with van der Waals surface area (Å²) in [6.07, 6.45) is 0.760. The van der Waals surface area contributed by atoms with Crippen LogP contribution in [-0.2, 0) is 4.74 Å². The molecule has 0 aliphatic heterocycles. The second-order valence-corrected chi connectivity index (χ2v) is 0.993. The van der Waals surface area contributed by atoms with Gasteiger partial charge in [-0.15, -0.1) is 9.24 Å². The van der Waals surface area contributed by atoms with Crippen LogP contribution < -0.4 is 0 Å². The van der Waals surface area contributed by atoms with E-state index in [1.807, 2.05) is 6.92 Å². The van der Waals surface area contributed by atoms with Crippen LogP contribution in [-0.4, -0.2) is 13.0 Å². The summed E-state index contributed by atoms with van der Waals surface area (Å²) in [7, 11) is 2.48. The van der Waals surface area contributed by atoms with E-state index in [2.05, 4.69) is 9.24 Å². The smallest absolute Gasteiger partial charge is 0.0602 e. The van der Waals surface area contributed by atoms with E-state index in [1.165, 1.54) is 0 Å². The molecule has 0 N–H and O–H groups in total. The lowest BCUT2D eigenvalue weighted by molar-refractivity contribution is 0.198. The van der Waals surface area contributed by atoms with Crippen molar-refractivity contribution in [3.05, 3.63) is 0 Å². The van der Waals surface area contributed by atoms with Crippen LogP contribution in [0, 0.1) is 0 Å². The average molecular weight is 92.1 g/mol. The van der Waals surface area contributed by atoms with Gasteiger partial charge in [-0.05, 0) is 6.92 Å². The van der Waals surface area contributed by atoms with Crippen molar-refractivity contribution in [1.82, 2.24) is 0 Å². The van der Waals surface area contributed by atoms with Crippen LogP contribution in [0.25, 0.3) is 0 Å². The summed E-state index contributed by atoms with van der Waals surface area (Å²) in [6, 6.07) is 0. The van der Waals surface area contributed by atoms with Crippen LogP contribution in [0.5, 0.6) is 0 Å². The Morgan fingerprint density at radius 2 is 2.40 bits per heavy atom. The van der Waals surface area contributed by atoms with Crippen molar-refractivity contribution in [3.8, 4) is 0 Å². The lowest BCUT2D eigenvalue weighted by Crippen LogP contribution is -1.80. The predicted molar refractivity (Wildman–Crippen MR) is 26.2 cm³/mol. The molecular formula is C3H9OP. The summed E-state index contributed by atoms with van der Waals surface area (Å²) in [6.45, 7) is 2.80. The first-order chi connectivity index (χ1) is 2.41. The molecule has 0 heterocycles. The van der Waals surface area contributed by atoms with Gasteiger partial charge in [-0.1, -0.05) is 0 Å². The molecule has 2 heteroatoms. The van der Waals surface area contributed by atoms with Gasteiger partial charge in [0.2, 0.25) is 0 Å². The molecule has 0 aliphatic rings. The van der Waals surface area contributed by atoms with Gasteiger partial charge in [0.1, 0.15) is 0 Å². The molecule has 0 spiro atoms. The third-order valence-electron chi connectivity index (χ3n) is 0.322. The Bertz CT molecular complexity index is 14.4. The zero-order valence-electron chi connectivity index (χ0n) is 3.40. The molecule has 1 nitrogen and oxygen atoms in total. The van der Waals surface area contributed by atoms with E-state index in [0.717, 1.165) is 13.0 Å². The quantitative estimate of drug-likeness (QED) is 0.459. The lowest BCUT2D eigenvalue weighted by atomic mass is 10.9. The highest BCUT2D eigenvalue weighted by molar-refractivity contribution is 7.16. The summed E-state index contributed by atoms with van der Waals surface area (Å²) in [4.78, 5) is 0. The normalized spacial score (nSPS) is 8.40. The topological polar surface area (TPSA) is 9.23 Å². The molecule has 0 bridgehead atoms. The molecule has 0 aromatic heterocycles. The van der Waals surface area contributed by atoms with Crippen LogP contribution in [0.4, 0.5) is 0 Å². The molecule has 0 amide bonds. The molecule has 0 fully saturated rings. The Hall–Kier alpha value is 0.390. The fourth-order valence-electron chi connectivity index (χ4n) is 0.118. The van der Waals surface area contributed by atoms with Crippen LogP contribution >= 0.6 is 9.24 Å². The van der Waals surface area contributed by atoms with E-state index in [4.69, 9.17) is 4.74 Å². The Labute approximate surface area is 34.9 Å². The molecule has 0 aromatic carbocycles. The van der Waals surface area contributed by atoms with Gasteiger partial charge in [0.05, 0.1) is 6.35 Å². The summed E-state index contributed by atoms with van der Waals surface area (Å²) >= 11 is 0. The number of hydrogen-bond donors (Lipinski definition) is 0. The predicted octanol–water partition coefficient (Wildman–Crippen LogP) is 0.855. The highest BCUT2D eigenvalue weighted by atomic mass is 31.0. The monoisotopic (exact) mass is 92.0 g/mol. The van der Waals surface area contributed by atoms with Crippen molar-refractivity contribution in [2.24, 2.45) is 0 Å². The van der Waals surface area contributed by atoms with Gasteiger partial charge in [0.25, 0.3) is 0 Å². The lowest BCUT2D eigenvalue weighted by Gasteiger charge is -1.86. The van der Waals surface area contributed by atoms with Crippen molar-refractivity contribution >= 4 is 9.24 Å². The van der Waals surface area contributed by atoms with E-state index < -0.39 is 0 Å². The van der Waals surface area contributed by atoms with Crippen molar-refractivity contribution in [1.29, 1.82) is 0 Å². The van der Waals surface area contributed by atoms with Gasteiger partial charge in [-0.3, -0.25) is 0 Å². The van der Waals surface area contributed by atoms with Crippen molar-refractivity contribution in [3.63, 3.8) is 0 Å². The van der Waals surface area contributed by atoms with E-state index in [1.54, 1.807) is 0 Å². The first-order valence-corrected chi connectivity index (χ1v) is 2.51. The molecule has 0 rings (SSSR count). The number of ether oxygens (including phenoxy) is 1. The van der Waals surface area contributed by atoms with E-state index >= 15 is 0 Å². The van der Waals surface area contributed by atoms with Gasteiger partial charge in [-0.25, -0.2) is 0 Å². The fraction of sp³-hybridized carbons (Fsp3) is 1.00. The highest BCUT2D eigenvalue weighted by Crippen LogP contribution is 1.78. The molecule has 0 aromatic rings. The summed E-state index contributed by atoms with van der Waals surface area (Å²) in [5, 5.41) is 0. The maximum Gasteiger partial charge on any atom is 0.0602 e. The second kappa shape index (κ2) is 4.39. The standard InChI is InChI=1S/C3H9OP/c1-2-4-3-5/h2-3,5H2,1H3. The SMILES string of the molecule is CCOCP. The number of hydrogen-bond acceptors (Lipinski definition) is 1. The van der Waals surface area contributed by atoms with Crippen LogP contribution in [0.2, 0.25) is 0 Å². The minimum atomic E-state index is 0.760. The summed E-state index contributed by atoms with van der Waals surface area (Å²) < 4.78 is 4.80. The molecule has 32 valence electrons. The fourth-order valence-corrected chi connectivity index (χ4v) is 0.354. The zero-order valence-corrected chi connectivity index (χ0v) is 4.55.